The standard InChI is InChI=1S/C24H21IN2O/c25-21-11-10-19-12-22(27-23(19)15-21)13-20(14-24(26)28)18-8-6-17(7-9-18)16-4-2-1-3-5-16/h1-12,15,20,27H,13-14H2,(H2,26,28). The van der Waals surface area contributed by atoms with Gasteiger partial charge in [-0.2, -0.15) is 0 Å². The van der Waals surface area contributed by atoms with Gasteiger partial charge in [-0.25, -0.2) is 0 Å². The molecule has 4 aromatic rings. The summed E-state index contributed by atoms with van der Waals surface area (Å²) in [6.07, 6.45) is 1.08. The molecular formula is C24H21IN2O. The molecule has 3 N–H and O–H groups in total. The summed E-state index contributed by atoms with van der Waals surface area (Å²) in [6.45, 7) is 0. The highest BCUT2D eigenvalue weighted by molar-refractivity contribution is 14.1. The number of halogens is 1. The average Bonchev–Trinajstić information content (AvgIpc) is 3.09. The first kappa shape index (κ1) is 18.7. The number of benzene rings is 3. The lowest BCUT2D eigenvalue weighted by Gasteiger charge is -2.16. The Hall–Kier alpha value is -2.60. The van der Waals surface area contributed by atoms with Crippen LogP contribution in [0.5, 0.6) is 0 Å². The van der Waals surface area contributed by atoms with Crippen molar-refractivity contribution >= 4 is 39.4 Å². The van der Waals surface area contributed by atoms with Crippen LogP contribution in [-0.2, 0) is 11.2 Å². The first-order valence-electron chi connectivity index (χ1n) is 9.29. The number of fused-ring (bicyclic) bond motifs is 1. The van der Waals surface area contributed by atoms with E-state index in [0.717, 1.165) is 23.2 Å². The molecule has 0 bridgehead atoms. The lowest BCUT2D eigenvalue weighted by atomic mass is 9.89. The van der Waals surface area contributed by atoms with E-state index in [1.807, 2.05) is 18.2 Å². The van der Waals surface area contributed by atoms with Crippen molar-refractivity contribution in [2.45, 2.75) is 18.8 Å². The Balaban J connectivity index is 1.61. The van der Waals surface area contributed by atoms with Crippen LogP contribution < -0.4 is 5.73 Å². The Morgan fingerprint density at radius 2 is 1.64 bits per heavy atom. The summed E-state index contributed by atoms with van der Waals surface area (Å²) in [6, 6.07) is 27.3. The SMILES string of the molecule is NC(=O)CC(Cc1cc2ccc(I)cc2[nH]1)c1ccc(-c2ccccc2)cc1. The summed E-state index contributed by atoms with van der Waals surface area (Å²) in [5.74, 6) is -0.225. The zero-order valence-electron chi connectivity index (χ0n) is 15.4. The molecule has 0 aliphatic carbocycles. The number of carbonyl (C=O) groups excluding carboxylic acids is 1. The van der Waals surface area contributed by atoms with Gasteiger partial charge >= 0.3 is 0 Å². The van der Waals surface area contributed by atoms with E-state index in [-0.39, 0.29) is 11.8 Å². The molecule has 1 amide bonds. The van der Waals surface area contributed by atoms with Crippen molar-refractivity contribution in [2.24, 2.45) is 5.73 Å². The molecule has 3 aromatic carbocycles. The summed E-state index contributed by atoms with van der Waals surface area (Å²) >= 11 is 2.31. The summed E-state index contributed by atoms with van der Waals surface area (Å²) in [5.41, 5.74) is 11.3. The highest BCUT2D eigenvalue weighted by Gasteiger charge is 2.17. The minimum atomic E-state index is -0.275. The van der Waals surface area contributed by atoms with Crippen molar-refractivity contribution in [3.63, 3.8) is 0 Å². The lowest BCUT2D eigenvalue weighted by molar-refractivity contribution is -0.118. The second kappa shape index (κ2) is 8.19. The maximum absolute atomic E-state index is 11.7. The fourth-order valence-electron chi connectivity index (χ4n) is 3.66. The van der Waals surface area contributed by atoms with Crippen LogP contribution in [0.25, 0.3) is 22.0 Å². The lowest BCUT2D eigenvalue weighted by Crippen LogP contribution is -2.17. The van der Waals surface area contributed by atoms with Crippen LogP contribution in [-0.4, -0.2) is 10.9 Å². The van der Waals surface area contributed by atoms with Gasteiger partial charge in [0.2, 0.25) is 5.91 Å². The summed E-state index contributed by atoms with van der Waals surface area (Å²) in [7, 11) is 0. The zero-order chi connectivity index (χ0) is 19.5. The second-order valence-electron chi connectivity index (χ2n) is 7.09. The maximum Gasteiger partial charge on any atom is 0.218 e. The molecule has 4 rings (SSSR count). The largest absolute Gasteiger partial charge is 0.370 e. The van der Waals surface area contributed by atoms with Crippen LogP contribution in [0.2, 0.25) is 0 Å². The van der Waals surface area contributed by atoms with Crippen LogP contribution in [0.3, 0.4) is 0 Å². The highest BCUT2D eigenvalue weighted by atomic mass is 127. The first-order chi connectivity index (χ1) is 13.6. The van der Waals surface area contributed by atoms with E-state index in [2.05, 4.69) is 88.2 Å². The number of hydrogen-bond donors (Lipinski definition) is 2. The molecule has 0 aliphatic rings. The topological polar surface area (TPSA) is 58.9 Å². The number of H-pyrrole nitrogens is 1. The first-order valence-corrected chi connectivity index (χ1v) is 10.4. The van der Waals surface area contributed by atoms with Crippen molar-refractivity contribution < 1.29 is 4.79 Å². The minimum Gasteiger partial charge on any atom is -0.370 e. The predicted octanol–water partition coefficient (Wildman–Crippen LogP) is 5.64. The quantitative estimate of drug-likeness (QED) is 0.345. The Morgan fingerprint density at radius 3 is 2.36 bits per heavy atom. The van der Waals surface area contributed by atoms with Gasteiger partial charge in [-0.3, -0.25) is 4.79 Å². The molecule has 0 spiro atoms. The number of nitrogens with one attached hydrogen (secondary N) is 1. The molecule has 0 saturated heterocycles. The van der Waals surface area contributed by atoms with Gasteiger partial charge in [0.15, 0.2) is 0 Å². The number of amides is 1. The Labute approximate surface area is 178 Å². The maximum atomic E-state index is 11.7. The zero-order valence-corrected chi connectivity index (χ0v) is 17.5. The normalized spacial score (nSPS) is 12.2. The van der Waals surface area contributed by atoms with E-state index in [1.54, 1.807) is 0 Å². The van der Waals surface area contributed by atoms with Crippen molar-refractivity contribution in [2.75, 3.05) is 0 Å². The Kier molecular flexibility index (Phi) is 5.48. The Morgan fingerprint density at radius 1 is 0.929 bits per heavy atom. The van der Waals surface area contributed by atoms with E-state index >= 15 is 0 Å². The molecule has 28 heavy (non-hydrogen) atoms. The third-order valence-corrected chi connectivity index (χ3v) is 5.71. The molecule has 0 radical (unpaired) electrons. The molecule has 0 saturated carbocycles. The van der Waals surface area contributed by atoms with E-state index in [0.29, 0.717) is 6.42 Å². The van der Waals surface area contributed by atoms with Crippen molar-refractivity contribution in [1.29, 1.82) is 0 Å². The van der Waals surface area contributed by atoms with E-state index in [1.165, 1.54) is 20.1 Å². The van der Waals surface area contributed by atoms with E-state index in [9.17, 15) is 4.79 Å². The van der Waals surface area contributed by atoms with Gasteiger partial charge in [-0.15, -0.1) is 0 Å². The number of carbonyl (C=O) groups is 1. The number of primary amides is 1. The number of aromatic amines is 1. The van der Waals surface area contributed by atoms with Crippen LogP contribution in [0.1, 0.15) is 23.6 Å². The third-order valence-electron chi connectivity index (χ3n) is 5.04. The van der Waals surface area contributed by atoms with Gasteiger partial charge in [0, 0.05) is 21.2 Å². The molecule has 0 aliphatic heterocycles. The molecule has 4 heteroatoms. The van der Waals surface area contributed by atoms with Gasteiger partial charge < -0.3 is 10.7 Å². The van der Waals surface area contributed by atoms with Gasteiger partial charge in [-0.1, -0.05) is 60.7 Å². The molecule has 1 heterocycles. The number of rotatable bonds is 6. The molecule has 1 atom stereocenters. The smallest absolute Gasteiger partial charge is 0.218 e. The summed E-state index contributed by atoms with van der Waals surface area (Å²) < 4.78 is 1.20. The van der Waals surface area contributed by atoms with Crippen molar-refractivity contribution in [3.8, 4) is 11.1 Å². The molecular weight excluding hydrogens is 459 g/mol. The molecule has 140 valence electrons. The fourth-order valence-corrected chi connectivity index (χ4v) is 4.16. The van der Waals surface area contributed by atoms with Crippen LogP contribution in [0.4, 0.5) is 0 Å². The number of nitrogens with two attached hydrogens (primary N) is 1. The van der Waals surface area contributed by atoms with E-state index in [4.69, 9.17) is 5.73 Å². The fraction of sp³-hybridized carbons (Fsp3) is 0.125. The van der Waals surface area contributed by atoms with Gasteiger partial charge in [0.05, 0.1) is 0 Å². The van der Waals surface area contributed by atoms with E-state index < -0.39 is 0 Å². The van der Waals surface area contributed by atoms with Crippen LogP contribution in [0, 0.1) is 3.57 Å². The molecule has 0 fully saturated rings. The van der Waals surface area contributed by atoms with Gasteiger partial charge in [-0.05, 0) is 75.2 Å². The van der Waals surface area contributed by atoms with Crippen molar-refractivity contribution in [1.82, 2.24) is 4.98 Å². The third kappa shape index (κ3) is 4.28. The monoisotopic (exact) mass is 480 g/mol. The van der Waals surface area contributed by atoms with Crippen LogP contribution in [0.15, 0.2) is 78.9 Å². The molecule has 1 aromatic heterocycles. The van der Waals surface area contributed by atoms with Crippen LogP contribution >= 0.6 is 22.6 Å². The summed E-state index contributed by atoms with van der Waals surface area (Å²) in [4.78, 5) is 15.2. The molecule has 1 unspecified atom stereocenters. The predicted molar refractivity (Wildman–Crippen MR) is 123 cm³/mol. The van der Waals surface area contributed by atoms with Gasteiger partial charge in [0.25, 0.3) is 0 Å². The van der Waals surface area contributed by atoms with Gasteiger partial charge in [0.1, 0.15) is 0 Å². The summed E-state index contributed by atoms with van der Waals surface area (Å²) in [5, 5.41) is 1.19. The highest BCUT2D eigenvalue weighted by Crippen LogP contribution is 2.28. The number of hydrogen-bond acceptors (Lipinski definition) is 1. The van der Waals surface area contributed by atoms with Crippen molar-refractivity contribution in [3.05, 3.63) is 93.7 Å². The Bertz CT molecular complexity index is 1100. The minimum absolute atomic E-state index is 0.0504. The number of aromatic nitrogens is 1. The average molecular weight is 480 g/mol. The molecule has 3 nitrogen and oxygen atoms in total. The second-order valence-corrected chi connectivity index (χ2v) is 8.33.